The van der Waals surface area contributed by atoms with E-state index in [2.05, 4.69) is 26.1 Å². The van der Waals surface area contributed by atoms with Crippen LogP contribution in [0.3, 0.4) is 0 Å². The summed E-state index contributed by atoms with van der Waals surface area (Å²) < 4.78 is 19.3. The highest BCUT2D eigenvalue weighted by Crippen LogP contribution is 2.29. The van der Waals surface area contributed by atoms with Crippen LogP contribution in [0.4, 0.5) is 4.39 Å². The number of hydrogen-bond acceptors (Lipinski definition) is 2. The van der Waals surface area contributed by atoms with Crippen molar-refractivity contribution in [1.82, 2.24) is 10.2 Å². The first-order chi connectivity index (χ1) is 7.18. The molecule has 1 aromatic heterocycles. The van der Waals surface area contributed by atoms with E-state index in [1.165, 1.54) is 6.20 Å². The SMILES string of the molecule is Cc1[nH]ncc1Oc1cccc(Br)c1F. The summed E-state index contributed by atoms with van der Waals surface area (Å²) in [5.74, 6) is 0.277. The summed E-state index contributed by atoms with van der Waals surface area (Å²) in [6, 6.07) is 4.88. The van der Waals surface area contributed by atoms with Crippen LogP contribution < -0.4 is 4.74 Å². The summed E-state index contributed by atoms with van der Waals surface area (Å²) in [5.41, 5.74) is 0.759. The average Bonchev–Trinajstić information content (AvgIpc) is 2.60. The number of ether oxygens (including phenoxy) is 1. The van der Waals surface area contributed by atoms with E-state index in [4.69, 9.17) is 4.74 Å². The standard InChI is InChI=1S/C10H8BrFN2O/c1-6-9(5-13-14-6)15-8-4-2-3-7(11)10(8)12/h2-5H,1H3,(H,13,14). The van der Waals surface area contributed by atoms with Crippen LogP contribution in [0.15, 0.2) is 28.9 Å². The van der Waals surface area contributed by atoms with Crippen molar-refractivity contribution in [3.05, 3.63) is 40.4 Å². The van der Waals surface area contributed by atoms with E-state index in [0.29, 0.717) is 10.2 Å². The largest absolute Gasteiger partial charge is 0.451 e. The Morgan fingerprint density at radius 2 is 2.20 bits per heavy atom. The van der Waals surface area contributed by atoms with Crippen molar-refractivity contribution in [3.8, 4) is 11.5 Å². The molecule has 0 atom stereocenters. The Bertz CT molecular complexity index is 484. The van der Waals surface area contributed by atoms with E-state index >= 15 is 0 Å². The van der Waals surface area contributed by atoms with Crippen molar-refractivity contribution in [1.29, 1.82) is 0 Å². The van der Waals surface area contributed by atoms with Crippen LogP contribution in [0.1, 0.15) is 5.69 Å². The van der Waals surface area contributed by atoms with Gasteiger partial charge in [0, 0.05) is 0 Å². The molecule has 0 bridgehead atoms. The monoisotopic (exact) mass is 270 g/mol. The predicted molar refractivity (Wildman–Crippen MR) is 57.5 cm³/mol. The van der Waals surface area contributed by atoms with Gasteiger partial charge in [-0.05, 0) is 35.0 Å². The van der Waals surface area contributed by atoms with Gasteiger partial charge in [-0.1, -0.05) is 6.07 Å². The lowest BCUT2D eigenvalue weighted by atomic mass is 10.3. The molecule has 78 valence electrons. The maximum atomic E-state index is 13.5. The molecule has 1 aromatic carbocycles. The molecule has 1 N–H and O–H groups in total. The van der Waals surface area contributed by atoms with E-state index < -0.39 is 5.82 Å². The lowest BCUT2D eigenvalue weighted by Crippen LogP contribution is -1.89. The van der Waals surface area contributed by atoms with Gasteiger partial charge in [0.1, 0.15) is 0 Å². The van der Waals surface area contributed by atoms with Crippen molar-refractivity contribution >= 4 is 15.9 Å². The first kappa shape index (κ1) is 10.2. The third kappa shape index (κ3) is 2.02. The second kappa shape index (κ2) is 4.02. The van der Waals surface area contributed by atoms with Gasteiger partial charge in [0.05, 0.1) is 16.4 Å². The third-order valence-electron chi connectivity index (χ3n) is 1.92. The van der Waals surface area contributed by atoms with Crippen molar-refractivity contribution in [3.63, 3.8) is 0 Å². The van der Waals surface area contributed by atoms with Crippen molar-refractivity contribution in [2.75, 3.05) is 0 Å². The summed E-state index contributed by atoms with van der Waals surface area (Å²) in [6.45, 7) is 1.80. The quantitative estimate of drug-likeness (QED) is 0.908. The molecule has 0 aliphatic carbocycles. The number of aryl methyl sites for hydroxylation is 1. The van der Waals surface area contributed by atoms with Crippen LogP contribution in [0.5, 0.6) is 11.5 Å². The number of nitrogens with zero attached hydrogens (tertiary/aromatic N) is 1. The molecule has 0 saturated heterocycles. The van der Waals surface area contributed by atoms with E-state index in [1.54, 1.807) is 25.1 Å². The number of hydrogen-bond donors (Lipinski definition) is 1. The van der Waals surface area contributed by atoms with Gasteiger partial charge in [0.25, 0.3) is 0 Å². The average molecular weight is 271 g/mol. The molecule has 2 rings (SSSR count). The van der Waals surface area contributed by atoms with Crippen molar-refractivity contribution < 1.29 is 9.13 Å². The fraction of sp³-hybridized carbons (Fsp3) is 0.100. The highest BCUT2D eigenvalue weighted by molar-refractivity contribution is 9.10. The number of H-pyrrole nitrogens is 1. The number of aromatic amines is 1. The predicted octanol–water partition coefficient (Wildman–Crippen LogP) is 3.41. The molecule has 0 spiro atoms. The molecule has 5 heteroatoms. The first-order valence-electron chi connectivity index (χ1n) is 4.30. The Hall–Kier alpha value is -1.36. The lowest BCUT2D eigenvalue weighted by molar-refractivity contribution is 0.438. The molecule has 0 unspecified atom stereocenters. The molecule has 15 heavy (non-hydrogen) atoms. The smallest absolute Gasteiger partial charge is 0.179 e. The third-order valence-corrected chi connectivity index (χ3v) is 2.53. The zero-order valence-corrected chi connectivity index (χ0v) is 9.51. The van der Waals surface area contributed by atoms with E-state index in [9.17, 15) is 4.39 Å². The maximum absolute atomic E-state index is 13.5. The topological polar surface area (TPSA) is 37.9 Å². The molecule has 0 amide bonds. The van der Waals surface area contributed by atoms with Crippen molar-refractivity contribution in [2.45, 2.75) is 6.92 Å². The second-order valence-electron chi connectivity index (χ2n) is 3.01. The Balaban J connectivity index is 2.33. The van der Waals surface area contributed by atoms with Gasteiger partial charge < -0.3 is 4.74 Å². The van der Waals surface area contributed by atoms with Crippen LogP contribution >= 0.6 is 15.9 Å². The van der Waals surface area contributed by atoms with Crippen LogP contribution in [0.2, 0.25) is 0 Å². The summed E-state index contributed by atoms with van der Waals surface area (Å²) in [6.07, 6.45) is 1.51. The summed E-state index contributed by atoms with van der Waals surface area (Å²) in [5, 5.41) is 6.50. The molecule has 2 aromatic rings. The molecule has 1 heterocycles. The number of nitrogens with one attached hydrogen (secondary N) is 1. The highest BCUT2D eigenvalue weighted by atomic mass is 79.9. The minimum absolute atomic E-state index is 0.175. The van der Waals surface area contributed by atoms with E-state index in [1.807, 2.05) is 0 Å². The van der Waals surface area contributed by atoms with Gasteiger partial charge in [-0.25, -0.2) is 4.39 Å². The van der Waals surface area contributed by atoms with Gasteiger partial charge in [-0.2, -0.15) is 5.10 Å². The van der Waals surface area contributed by atoms with Gasteiger partial charge in [-0.15, -0.1) is 0 Å². The maximum Gasteiger partial charge on any atom is 0.179 e. The molecule has 3 nitrogen and oxygen atoms in total. The Labute approximate surface area is 94.4 Å². The fourth-order valence-corrected chi connectivity index (χ4v) is 1.47. The normalized spacial score (nSPS) is 10.3. The minimum atomic E-state index is -0.418. The number of rotatable bonds is 2. The number of aromatic nitrogens is 2. The lowest BCUT2D eigenvalue weighted by Gasteiger charge is -2.05. The van der Waals surface area contributed by atoms with Gasteiger partial charge in [-0.3, -0.25) is 5.10 Å². The van der Waals surface area contributed by atoms with Crippen molar-refractivity contribution in [2.24, 2.45) is 0 Å². The Morgan fingerprint density at radius 1 is 1.40 bits per heavy atom. The molecular weight excluding hydrogens is 263 g/mol. The molecule has 0 saturated carbocycles. The summed E-state index contributed by atoms with van der Waals surface area (Å²) in [4.78, 5) is 0. The molecule has 0 aliphatic rings. The minimum Gasteiger partial charge on any atom is -0.451 e. The van der Waals surface area contributed by atoms with Gasteiger partial charge in [0.15, 0.2) is 17.3 Å². The van der Waals surface area contributed by atoms with Crippen LogP contribution in [-0.2, 0) is 0 Å². The number of benzene rings is 1. The fourth-order valence-electron chi connectivity index (χ4n) is 1.12. The zero-order chi connectivity index (χ0) is 10.8. The Kier molecular flexibility index (Phi) is 2.73. The first-order valence-corrected chi connectivity index (χ1v) is 5.09. The van der Waals surface area contributed by atoms with Gasteiger partial charge in [0.2, 0.25) is 0 Å². The molecule has 0 radical (unpaired) electrons. The summed E-state index contributed by atoms with van der Waals surface area (Å²) >= 11 is 3.09. The van der Waals surface area contributed by atoms with Gasteiger partial charge >= 0.3 is 0 Å². The Morgan fingerprint density at radius 3 is 2.87 bits per heavy atom. The van der Waals surface area contributed by atoms with Crippen LogP contribution in [-0.4, -0.2) is 10.2 Å². The zero-order valence-electron chi connectivity index (χ0n) is 7.92. The van der Waals surface area contributed by atoms with Crippen LogP contribution in [0.25, 0.3) is 0 Å². The van der Waals surface area contributed by atoms with E-state index in [-0.39, 0.29) is 5.75 Å². The highest BCUT2D eigenvalue weighted by Gasteiger charge is 2.09. The van der Waals surface area contributed by atoms with E-state index in [0.717, 1.165) is 5.69 Å². The molecule has 0 aliphatic heterocycles. The molecule has 0 fully saturated rings. The van der Waals surface area contributed by atoms with Crippen LogP contribution in [0, 0.1) is 12.7 Å². The molecular formula is C10H8BrFN2O. The second-order valence-corrected chi connectivity index (χ2v) is 3.87. The number of halogens is 2. The summed E-state index contributed by atoms with van der Waals surface area (Å²) in [7, 11) is 0.